The molecule has 0 aromatic heterocycles. The summed E-state index contributed by atoms with van der Waals surface area (Å²) in [7, 11) is 1.44. The zero-order valence-electron chi connectivity index (χ0n) is 11.2. The Morgan fingerprint density at radius 2 is 2.00 bits per heavy atom. The maximum atomic E-state index is 11.5. The van der Waals surface area contributed by atoms with Crippen LogP contribution in [0.15, 0.2) is 0 Å². The molecule has 0 aliphatic heterocycles. The van der Waals surface area contributed by atoms with Crippen molar-refractivity contribution in [2.45, 2.75) is 64.4 Å². The fourth-order valence-corrected chi connectivity index (χ4v) is 2.40. The van der Waals surface area contributed by atoms with Gasteiger partial charge in [-0.15, -0.1) is 0 Å². The molecule has 17 heavy (non-hydrogen) atoms. The molecule has 0 bridgehead atoms. The standard InChI is InChI=1S/C14H26O3/c1-3-4-10-13(14(15)16-2)17-11-12-8-6-5-7-9-12/h12-13H,3-11H2,1-2H3. The molecule has 1 unspecified atom stereocenters. The Balaban J connectivity index is 2.28. The topological polar surface area (TPSA) is 35.5 Å². The number of esters is 1. The largest absolute Gasteiger partial charge is 0.467 e. The Hall–Kier alpha value is -0.570. The lowest BCUT2D eigenvalue weighted by molar-refractivity contribution is -0.155. The third-order valence-electron chi connectivity index (χ3n) is 3.54. The van der Waals surface area contributed by atoms with E-state index >= 15 is 0 Å². The Morgan fingerprint density at radius 3 is 2.59 bits per heavy atom. The van der Waals surface area contributed by atoms with Gasteiger partial charge in [0.2, 0.25) is 0 Å². The highest BCUT2D eigenvalue weighted by Gasteiger charge is 2.22. The molecule has 3 heteroatoms. The summed E-state index contributed by atoms with van der Waals surface area (Å²) in [4.78, 5) is 11.5. The van der Waals surface area contributed by atoms with Gasteiger partial charge in [-0.25, -0.2) is 4.79 Å². The number of rotatable bonds is 7. The van der Waals surface area contributed by atoms with E-state index in [0.29, 0.717) is 5.92 Å². The van der Waals surface area contributed by atoms with Crippen molar-refractivity contribution in [1.82, 2.24) is 0 Å². The minimum atomic E-state index is -0.345. The molecule has 0 spiro atoms. The van der Waals surface area contributed by atoms with Gasteiger partial charge in [0.15, 0.2) is 6.10 Å². The van der Waals surface area contributed by atoms with Gasteiger partial charge in [0.1, 0.15) is 0 Å². The fourth-order valence-electron chi connectivity index (χ4n) is 2.40. The predicted octanol–water partition coefficient (Wildman–Crippen LogP) is 3.32. The first-order valence-corrected chi connectivity index (χ1v) is 6.97. The summed E-state index contributed by atoms with van der Waals surface area (Å²) in [5.74, 6) is 0.437. The van der Waals surface area contributed by atoms with Crippen LogP contribution in [0.3, 0.4) is 0 Å². The van der Waals surface area contributed by atoms with Crippen molar-refractivity contribution in [2.24, 2.45) is 5.92 Å². The van der Waals surface area contributed by atoms with Crippen LogP contribution in [0.25, 0.3) is 0 Å². The van der Waals surface area contributed by atoms with Gasteiger partial charge in [-0.2, -0.15) is 0 Å². The van der Waals surface area contributed by atoms with Gasteiger partial charge >= 0.3 is 5.97 Å². The van der Waals surface area contributed by atoms with Gasteiger partial charge in [-0.05, 0) is 25.2 Å². The van der Waals surface area contributed by atoms with Crippen molar-refractivity contribution in [3.63, 3.8) is 0 Å². The number of methoxy groups -OCH3 is 1. The van der Waals surface area contributed by atoms with E-state index in [4.69, 9.17) is 9.47 Å². The first-order chi connectivity index (χ1) is 8.27. The molecule has 0 radical (unpaired) electrons. The number of ether oxygens (including phenoxy) is 2. The lowest BCUT2D eigenvalue weighted by Gasteiger charge is -2.23. The van der Waals surface area contributed by atoms with E-state index < -0.39 is 0 Å². The normalized spacial score (nSPS) is 18.9. The number of hydrogen-bond donors (Lipinski definition) is 0. The van der Waals surface area contributed by atoms with Gasteiger partial charge in [-0.1, -0.05) is 39.0 Å². The number of hydrogen-bond acceptors (Lipinski definition) is 3. The Morgan fingerprint density at radius 1 is 1.29 bits per heavy atom. The number of carbonyl (C=O) groups is 1. The van der Waals surface area contributed by atoms with Crippen molar-refractivity contribution in [3.05, 3.63) is 0 Å². The summed E-state index contributed by atoms with van der Waals surface area (Å²) < 4.78 is 10.5. The lowest BCUT2D eigenvalue weighted by Crippen LogP contribution is -2.28. The molecule has 100 valence electrons. The van der Waals surface area contributed by atoms with Crippen LogP contribution in [0, 0.1) is 5.92 Å². The average molecular weight is 242 g/mol. The molecular weight excluding hydrogens is 216 g/mol. The maximum absolute atomic E-state index is 11.5. The lowest BCUT2D eigenvalue weighted by atomic mass is 9.90. The summed E-state index contributed by atoms with van der Waals surface area (Å²) in [5.41, 5.74) is 0. The van der Waals surface area contributed by atoms with E-state index in [1.54, 1.807) is 0 Å². The molecule has 1 aliphatic carbocycles. The third-order valence-corrected chi connectivity index (χ3v) is 3.54. The zero-order chi connectivity index (χ0) is 12.5. The third kappa shape index (κ3) is 5.53. The quantitative estimate of drug-likeness (QED) is 0.642. The predicted molar refractivity (Wildman–Crippen MR) is 67.9 cm³/mol. The van der Waals surface area contributed by atoms with Gasteiger partial charge in [0.25, 0.3) is 0 Å². The van der Waals surface area contributed by atoms with Crippen LogP contribution < -0.4 is 0 Å². The molecule has 1 fully saturated rings. The van der Waals surface area contributed by atoms with Crippen LogP contribution in [0.5, 0.6) is 0 Å². The molecule has 1 aliphatic rings. The Bertz CT molecular complexity index is 210. The summed E-state index contributed by atoms with van der Waals surface area (Å²) in [6, 6.07) is 0. The number of unbranched alkanes of at least 4 members (excludes halogenated alkanes) is 1. The van der Waals surface area contributed by atoms with E-state index in [-0.39, 0.29) is 12.1 Å². The van der Waals surface area contributed by atoms with Crippen molar-refractivity contribution in [1.29, 1.82) is 0 Å². The molecule has 0 N–H and O–H groups in total. The second kappa shape index (κ2) is 8.51. The minimum absolute atomic E-state index is 0.214. The average Bonchev–Trinajstić information content (AvgIpc) is 2.39. The van der Waals surface area contributed by atoms with E-state index in [1.807, 2.05) is 0 Å². The van der Waals surface area contributed by atoms with Crippen molar-refractivity contribution in [3.8, 4) is 0 Å². The summed E-state index contributed by atoms with van der Waals surface area (Å²) >= 11 is 0. The second-order valence-electron chi connectivity index (χ2n) is 4.99. The van der Waals surface area contributed by atoms with Crippen LogP contribution in [0.1, 0.15) is 58.3 Å². The SMILES string of the molecule is CCCCC(OCC1CCCCC1)C(=O)OC. The van der Waals surface area contributed by atoms with Crippen LogP contribution in [-0.2, 0) is 14.3 Å². The van der Waals surface area contributed by atoms with Crippen molar-refractivity contribution >= 4 is 5.97 Å². The highest BCUT2D eigenvalue weighted by molar-refractivity contribution is 5.74. The van der Waals surface area contributed by atoms with Crippen LogP contribution in [0.4, 0.5) is 0 Å². The molecule has 0 heterocycles. The molecule has 0 aromatic carbocycles. The summed E-state index contributed by atoms with van der Waals surface area (Å²) in [5, 5.41) is 0. The van der Waals surface area contributed by atoms with Gasteiger partial charge in [0, 0.05) is 0 Å². The van der Waals surface area contributed by atoms with Gasteiger partial charge < -0.3 is 9.47 Å². The molecule has 1 rings (SSSR count). The van der Waals surface area contributed by atoms with E-state index in [2.05, 4.69) is 6.92 Å². The maximum Gasteiger partial charge on any atom is 0.334 e. The summed E-state index contributed by atoms with van der Waals surface area (Å²) in [6.07, 6.45) is 9.02. The van der Waals surface area contributed by atoms with Crippen molar-refractivity contribution < 1.29 is 14.3 Å². The van der Waals surface area contributed by atoms with E-state index in [9.17, 15) is 4.79 Å². The Labute approximate surface area is 105 Å². The molecule has 0 amide bonds. The van der Waals surface area contributed by atoms with Crippen LogP contribution in [0.2, 0.25) is 0 Å². The molecule has 3 nitrogen and oxygen atoms in total. The summed E-state index contributed by atoms with van der Waals surface area (Å²) in [6.45, 7) is 2.85. The highest BCUT2D eigenvalue weighted by atomic mass is 16.6. The molecule has 1 saturated carbocycles. The van der Waals surface area contributed by atoms with E-state index in [1.165, 1.54) is 39.2 Å². The van der Waals surface area contributed by atoms with Crippen LogP contribution >= 0.6 is 0 Å². The van der Waals surface area contributed by atoms with Crippen LogP contribution in [-0.4, -0.2) is 25.8 Å². The molecule has 0 saturated heterocycles. The number of carbonyl (C=O) groups excluding carboxylic acids is 1. The van der Waals surface area contributed by atoms with Gasteiger partial charge in [-0.3, -0.25) is 0 Å². The second-order valence-corrected chi connectivity index (χ2v) is 4.99. The first kappa shape index (κ1) is 14.5. The Kier molecular flexibility index (Phi) is 7.25. The minimum Gasteiger partial charge on any atom is -0.467 e. The smallest absolute Gasteiger partial charge is 0.334 e. The first-order valence-electron chi connectivity index (χ1n) is 6.97. The highest BCUT2D eigenvalue weighted by Crippen LogP contribution is 2.24. The molecule has 0 aromatic rings. The zero-order valence-corrected chi connectivity index (χ0v) is 11.2. The van der Waals surface area contributed by atoms with Gasteiger partial charge in [0.05, 0.1) is 13.7 Å². The monoisotopic (exact) mass is 242 g/mol. The molecular formula is C14H26O3. The van der Waals surface area contributed by atoms with E-state index in [0.717, 1.165) is 25.9 Å². The fraction of sp³-hybridized carbons (Fsp3) is 0.929. The van der Waals surface area contributed by atoms with Crippen molar-refractivity contribution in [2.75, 3.05) is 13.7 Å². The molecule has 1 atom stereocenters.